The van der Waals surface area contributed by atoms with Crippen LogP contribution in [0.5, 0.6) is 11.5 Å². The van der Waals surface area contributed by atoms with Crippen LogP contribution in [0.4, 0.5) is 17.6 Å². The van der Waals surface area contributed by atoms with E-state index in [0.29, 0.717) is 10.9 Å². The summed E-state index contributed by atoms with van der Waals surface area (Å²) in [4.78, 5) is 33.7. The van der Waals surface area contributed by atoms with Crippen molar-refractivity contribution in [2.24, 2.45) is 5.73 Å². The number of aryl methyl sites for hydroxylation is 2. The lowest BCUT2D eigenvalue weighted by atomic mass is 9.93. The van der Waals surface area contributed by atoms with Gasteiger partial charge >= 0.3 is 6.18 Å². The number of nitrogens with two attached hydrogens (primary N) is 1. The second-order valence-electron chi connectivity index (χ2n) is 10.2. The highest BCUT2D eigenvalue weighted by Gasteiger charge is 2.56. The van der Waals surface area contributed by atoms with Crippen molar-refractivity contribution in [1.82, 2.24) is 15.3 Å². The van der Waals surface area contributed by atoms with E-state index in [1.54, 1.807) is 13.0 Å². The number of carbonyl (C=O) groups is 2. The summed E-state index contributed by atoms with van der Waals surface area (Å²) in [7, 11) is 1.37. The maximum Gasteiger partial charge on any atom is 0.424 e. The fourth-order valence-corrected chi connectivity index (χ4v) is 4.68. The number of methoxy groups -OCH3 is 1. The number of nitrogens with zero attached hydrogens (tertiary/aromatic N) is 2. The zero-order chi connectivity index (χ0) is 33.1. The molecule has 0 fully saturated rings. The van der Waals surface area contributed by atoms with Gasteiger partial charge < -0.3 is 25.6 Å². The van der Waals surface area contributed by atoms with Crippen LogP contribution in [-0.4, -0.2) is 59.2 Å². The van der Waals surface area contributed by atoms with Crippen LogP contribution in [0.2, 0.25) is 0 Å². The van der Waals surface area contributed by atoms with E-state index in [0.717, 1.165) is 29.5 Å². The van der Waals surface area contributed by atoms with Gasteiger partial charge in [0.2, 0.25) is 11.5 Å². The summed E-state index contributed by atoms with van der Waals surface area (Å²) in [5.41, 5.74) is 2.36. The second kappa shape index (κ2) is 13.2. The Morgan fingerprint density at radius 1 is 1.07 bits per heavy atom. The molecule has 2 heterocycles. The van der Waals surface area contributed by atoms with Crippen LogP contribution in [0.15, 0.2) is 48.5 Å². The average molecular weight is 649 g/mol. The quantitative estimate of drug-likeness (QED) is 0.156. The standard InChI is InChI=1S/C31H29ClF4N4O5/c1-16-10-19-11-21(12-23(44-3)26(19)39-17(16)2)29(42)38-15-30(43,31(34,35)36)24-13-20(14-25(37)41)28(45-9-8-32)27(40-24)18-4-6-22(33)7-5-18/h4-7,10-13,43H,8-9,14-15H2,1-3H3,(H2,37,41)(H,38,42)/t30-/m0/s1. The number of nitrogens with one attached hydrogen (secondary N) is 1. The predicted molar refractivity (Wildman–Crippen MR) is 159 cm³/mol. The molecule has 4 rings (SSSR count). The number of carbonyl (C=O) groups excluding carboxylic acids is 2. The van der Waals surface area contributed by atoms with E-state index in [4.69, 9.17) is 26.8 Å². The smallest absolute Gasteiger partial charge is 0.424 e. The van der Waals surface area contributed by atoms with Crippen molar-refractivity contribution in [1.29, 1.82) is 0 Å². The molecule has 0 saturated carbocycles. The number of amides is 2. The highest BCUT2D eigenvalue weighted by atomic mass is 35.5. The van der Waals surface area contributed by atoms with Crippen molar-refractivity contribution in [2.45, 2.75) is 32.0 Å². The maximum absolute atomic E-state index is 14.7. The van der Waals surface area contributed by atoms with Crippen LogP contribution in [0.3, 0.4) is 0 Å². The number of aromatic nitrogens is 2. The van der Waals surface area contributed by atoms with Gasteiger partial charge in [0.05, 0.1) is 31.6 Å². The largest absolute Gasteiger partial charge is 0.494 e. The van der Waals surface area contributed by atoms with Crippen LogP contribution in [-0.2, 0) is 16.8 Å². The number of hydrogen-bond donors (Lipinski definition) is 3. The molecular weight excluding hydrogens is 620 g/mol. The lowest BCUT2D eigenvalue weighted by molar-refractivity contribution is -0.265. The Bertz CT molecular complexity index is 1750. The van der Waals surface area contributed by atoms with Gasteiger partial charge in [-0.15, -0.1) is 11.6 Å². The molecule has 45 heavy (non-hydrogen) atoms. The van der Waals surface area contributed by atoms with Gasteiger partial charge in [0.25, 0.3) is 5.91 Å². The van der Waals surface area contributed by atoms with Crippen molar-refractivity contribution in [3.05, 3.63) is 82.4 Å². The van der Waals surface area contributed by atoms with Gasteiger partial charge in [-0.25, -0.2) is 14.4 Å². The highest BCUT2D eigenvalue weighted by Crippen LogP contribution is 2.42. The lowest BCUT2D eigenvalue weighted by Crippen LogP contribution is -2.51. The minimum atomic E-state index is -5.38. The summed E-state index contributed by atoms with van der Waals surface area (Å²) < 4.78 is 68.7. The first-order valence-corrected chi connectivity index (χ1v) is 14.0. The number of rotatable bonds is 11. The number of primary amides is 1. The molecular formula is C31H29ClF4N4O5. The molecule has 9 nitrogen and oxygen atoms in total. The van der Waals surface area contributed by atoms with Crippen molar-refractivity contribution in [3.8, 4) is 22.8 Å². The van der Waals surface area contributed by atoms with Gasteiger partial charge in [0.15, 0.2) is 0 Å². The molecule has 0 aliphatic carbocycles. The Labute approximate surface area is 260 Å². The molecule has 2 aromatic heterocycles. The van der Waals surface area contributed by atoms with Crippen molar-refractivity contribution < 1.29 is 41.7 Å². The number of halogens is 5. The Balaban J connectivity index is 1.81. The van der Waals surface area contributed by atoms with Gasteiger partial charge in [0, 0.05) is 27.8 Å². The first kappa shape index (κ1) is 33.4. The third-order valence-electron chi connectivity index (χ3n) is 7.06. The third kappa shape index (κ3) is 7.10. The van der Waals surface area contributed by atoms with Crippen LogP contribution < -0.4 is 20.5 Å². The zero-order valence-corrected chi connectivity index (χ0v) is 25.1. The van der Waals surface area contributed by atoms with E-state index in [1.807, 2.05) is 6.92 Å². The number of benzene rings is 2. The molecule has 0 aliphatic heterocycles. The van der Waals surface area contributed by atoms with E-state index in [2.05, 4.69) is 15.3 Å². The zero-order valence-electron chi connectivity index (χ0n) is 24.4. The minimum absolute atomic E-state index is 0.0199. The molecule has 0 radical (unpaired) electrons. The van der Waals surface area contributed by atoms with E-state index in [1.165, 1.54) is 31.4 Å². The number of aliphatic hydroxyl groups is 1. The second-order valence-corrected chi connectivity index (χ2v) is 10.6. The fraction of sp³-hybridized carbons (Fsp3) is 0.290. The van der Waals surface area contributed by atoms with Gasteiger partial charge in [-0.3, -0.25) is 9.59 Å². The van der Waals surface area contributed by atoms with E-state index < -0.39 is 48.1 Å². The van der Waals surface area contributed by atoms with Gasteiger partial charge in [0.1, 0.15) is 35.1 Å². The summed E-state index contributed by atoms with van der Waals surface area (Å²) in [6, 6.07) is 9.94. The molecule has 0 aliphatic rings. The molecule has 4 aromatic rings. The molecule has 2 aromatic carbocycles. The average Bonchev–Trinajstić information content (AvgIpc) is 2.98. The predicted octanol–water partition coefficient (Wildman–Crippen LogP) is 4.89. The van der Waals surface area contributed by atoms with Crippen molar-refractivity contribution >= 4 is 34.3 Å². The van der Waals surface area contributed by atoms with E-state index in [9.17, 15) is 32.3 Å². The monoisotopic (exact) mass is 648 g/mol. The molecule has 238 valence electrons. The molecule has 0 bridgehead atoms. The van der Waals surface area contributed by atoms with Gasteiger partial charge in [-0.2, -0.15) is 13.2 Å². The summed E-state index contributed by atoms with van der Waals surface area (Å²) in [6.45, 7) is 2.13. The molecule has 14 heteroatoms. The number of alkyl halides is 4. The minimum Gasteiger partial charge on any atom is -0.494 e. The first-order chi connectivity index (χ1) is 21.2. The van der Waals surface area contributed by atoms with Crippen LogP contribution in [0, 0.1) is 19.7 Å². The molecule has 0 spiro atoms. The summed E-state index contributed by atoms with van der Waals surface area (Å²) in [6.07, 6.45) is -5.97. The normalized spacial score (nSPS) is 12.9. The van der Waals surface area contributed by atoms with Crippen molar-refractivity contribution in [3.63, 3.8) is 0 Å². The Kier molecular flexibility index (Phi) is 9.83. The summed E-state index contributed by atoms with van der Waals surface area (Å²) in [5.74, 6) is -2.41. The first-order valence-electron chi connectivity index (χ1n) is 13.5. The topological polar surface area (TPSA) is 137 Å². The van der Waals surface area contributed by atoms with E-state index >= 15 is 0 Å². The molecule has 0 unspecified atom stereocenters. The molecule has 0 saturated heterocycles. The Morgan fingerprint density at radius 2 is 1.76 bits per heavy atom. The van der Waals surface area contributed by atoms with Gasteiger partial charge in [-0.05, 0) is 67.9 Å². The third-order valence-corrected chi connectivity index (χ3v) is 7.22. The molecule has 4 N–H and O–H groups in total. The highest BCUT2D eigenvalue weighted by molar-refractivity contribution is 6.18. The molecule has 1 atom stereocenters. The van der Waals surface area contributed by atoms with Crippen LogP contribution in [0.1, 0.15) is 32.9 Å². The van der Waals surface area contributed by atoms with Crippen LogP contribution >= 0.6 is 11.6 Å². The fourth-order valence-electron chi connectivity index (χ4n) is 4.61. The molecule has 2 amide bonds. The number of hydrogen-bond acceptors (Lipinski definition) is 7. The lowest BCUT2D eigenvalue weighted by Gasteiger charge is -2.31. The Morgan fingerprint density at radius 3 is 2.36 bits per heavy atom. The van der Waals surface area contributed by atoms with Gasteiger partial charge in [-0.1, -0.05) is 0 Å². The maximum atomic E-state index is 14.7. The van der Waals surface area contributed by atoms with Crippen molar-refractivity contribution in [2.75, 3.05) is 26.1 Å². The summed E-state index contributed by atoms with van der Waals surface area (Å²) >= 11 is 5.75. The Hall–Kier alpha value is -4.49. The van der Waals surface area contributed by atoms with E-state index in [-0.39, 0.29) is 46.4 Å². The summed E-state index contributed by atoms with van der Waals surface area (Å²) in [5, 5.41) is 13.9. The number of ether oxygens (including phenoxy) is 2. The van der Waals surface area contributed by atoms with Crippen LogP contribution in [0.25, 0.3) is 22.2 Å². The SMILES string of the molecule is COc1cc(C(=O)NC[C@](O)(c2cc(CC(N)=O)c(OCCCl)c(-c3ccc(F)cc3)n2)C(F)(F)F)cc2cc(C)c(C)nc12. The number of pyridine rings is 2. The number of fused-ring (bicyclic) bond motifs is 1.